The first kappa shape index (κ1) is 19.4. The van der Waals surface area contributed by atoms with Crippen LogP contribution in [-0.4, -0.2) is 18.2 Å². The fraction of sp³-hybridized carbons (Fsp3) is 0.895. The van der Waals surface area contributed by atoms with Crippen molar-refractivity contribution in [3.05, 3.63) is 0 Å². The molecule has 0 bridgehead atoms. The third kappa shape index (κ3) is 6.52. The van der Waals surface area contributed by atoms with Crippen molar-refractivity contribution in [1.29, 1.82) is 5.41 Å². The number of hydrogen-bond donors (Lipinski definition) is 3. The van der Waals surface area contributed by atoms with Crippen LogP contribution in [0.1, 0.15) is 77.0 Å². The van der Waals surface area contributed by atoms with Crippen molar-refractivity contribution in [1.82, 2.24) is 0 Å². The third-order valence-electron chi connectivity index (χ3n) is 6.26. The van der Waals surface area contributed by atoms with Crippen LogP contribution in [0, 0.1) is 29.1 Å². The Bertz CT molecular complexity index is 397. The monoisotopic (exact) mass is 337 g/mol. The van der Waals surface area contributed by atoms with Crippen molar-refractivity contribution >= 4 is 11.6 Å². The molecule has 0 spiro atoms. The highest BCUT2D eigenvalue weighted by Gasteiger charge is 2.25. The van der Waals surface area contributed by atoms with Gasteiger partial charge in [-0.05, 0) is 82.0 Å². The SMILES string of the molecule is N=C(CCC1CCC(CON)CC1)CCC1CCC(C(N)=O)CC1. The van der Waals surface area contributed by atoms with Crippen molar-refractivity contribution in [2.45, 2.75) is 77.0 Å². The van der Waals surface area contributed by atoms with Gasteiger partial charge in [-0.3, -0.25) is 4.79 Å². The van der Waals surface area contributed by atoms with Crippen molar-refractivity contribution < 1.29 is 9.63 Å². The molecule has 24 heavy (non-hydrogen) atoms. The first-order chi connectivity index (χ1) is 11.6. The zero-order valence-electron chi connectivity index (χ0n) is 15.0. The lowest BCUT2D eigenvalue weighted by Crippen LogP contribution is -2.27. The molecule has 1 amide bonds. The summed E-state index contributed by atoms with van der Waals surface area (Å²) in [6, 6.07) is 0. The molecule has 5 N–H and O–H groups in total. The highest BCUT2D eigenvalue weighted by atomic mass is 16.6. The van der Waals surface area contributed by atoms with Gasteiger partial charge in [0.05, 0.1) is 6.61 Å². The van der Waals surface area contributed by atoms with Crippen LogP contribution in [0.2, 0.25) is 0 Å². The summed E-state index contributed by atoms with van der Waals surface area (Å²) in [5.74, 6) is 7.24. The van der Waals surface area contributed by atoms with Gasteiger partial charge in [-0.2, -0.15) is 0 Å². The molecule has 0 unspecified atom stereocenters. The lowest BCUT2D eigenvalue weighted by molar-refractivity contribution is -0.122. The smallest absolute Gasteiger partial charge is 0.220 e. The molecule has 0 radical (unpaired) electrons. The first-order valence-electron chi connectivity index (χ1n) is 9.75. The van der Waals surface area contributed by atoms with E-state index in [9.17, 15) is 4.79 Å². The maximum absolute atomic E-state index is 11.2. The first-order valence-corrected chi connectivity index (χ1v) is 9.75. The second-order valence-electron chi connectivity index (χ2n) is 8.02. The van der Waals surface area contributed by atoms with E-state index in [0.29, 0.717) is 18.4 Å². The van der Waals surface area contributed by atoms with Gasteiger partial charge in [0.1, 0.15) is 0 Å². The van der Waals surface area contributed by atoms with Crippen LogP contribution < -0.4 is 11.6 Å². The topological polar surface area (TPSA) is 102 Å². The lowest BCUT2D eigenvalue weighted by Gasteiger charge is -2.28. The third-order valence-corrected chi connectivity index (χ3v) is 6.26. The maximum atomic E-state index is 11.2. The summed E-state index contributed by atoms with van der Waals surface area (Å²) in [7, 11) is 0. The Hall–Kier alpha value is -0.940. The molecule has 0 heterocycles. The number of hydrogen-bond acceptors (Lipinski definition) is 4. The molecule has 0 saturated heterocycles. The van der Waals surface area contributed by atoms with E-state index in [0.717, 1.165) is 56.6 Å². The summed E-state index contributed by atoms with van der Waals surface area (Å²) < 4.78 is 0. The molecule has 0 aliphatic heterocycles. The van der Waals surface area contributed by atoms with Crippen molar-refractivity contribution in [3.63, 3.8) is 0 Å². The van der Waals surface area contributed by atoms with Gasteiger partial charge in [-0.25, -0.2) is 5.90 Å². The molecule has 2 aliphatic rings. The zero-order chi connectivity index (χ0) is 17.4. The molecule has 0 aromatic heterocycles. The average molecular weight is 338 g/mol. The maximum Gasteiger partial charge on any atom is 0.220 e. The Morgan fingerprint density at radius 3 is 1.79 bits per heavy atom. The molecule has 2 aliphatic carbocycles. The van der Waals surface area contributed by atoms with Crippen molar-refractivity contribution in [2.75, 3.05) is 6.61 Å². The highest BCUT2D eigenvalue weighted by molar-refractivity contribution is 5.81. The predicted octanol–water partition coefficient (Wildman–Crippen LogP) is 3.55. The average Bonchev–Trinajstić information content (AvgIpc) is 2.60. The van der Waals surface area contributed by atoms with Crippen LogP contribution in [-0.2, 0) is 9.63 Å². The van der Waals surface area contributed by atoms with Crippen LogP contribution in [0.15, 0.2) is 0 Å². The molecular formula is C19H35N3O2. The van der Waals surface area contributed by atoms with E-state index in [2.05, 4.69) is 0 Å². The number of carbonyl (C=O) groups excluding carboxylic acids is 1. The Morgan fingerprint density at radius 1 is 0.875 bits per heavy atom. The summed E-state index contributed by atoms with van der Waals surface area (Å²) in [5, 5.41) is 8.23. The minimum atomic E-state index is -0.131. The molecule has 2 saturated carbocycles. The Morgan fingerprint density at radius 2 is 1.33 bits per heavy atom. The number of amides is 1. The van der Waals surface area contributed by atoms with E-state index >= 15 is 0 Å². The van der Waals surface area contributed by atoms with Gasteiger partial charge in [0.2, 0.25) is 5.91 Å². The number of nitrogens with two attached hydrogens (primary N) is 2. The highest BCUT2D eigenvalue weighted by Crippen LogP contribution is 2.33. The molecular weight excluding hydrogens is 302 g/mol. The predicted molar refractivity (Wildman–Crippen MR) is 96.4 cm³/mol. The molecule has 0 atom stereocenters. The van der Waals surface area contributed by atoms with Gasteiger partial charge < -0.3 is 16.0 Å². The minimum absolute atomic E-state index is 0.0977. The van der Waals surface area contributed by atoms with E-state index in [1.54, 1.807) is 0 Å². The van der Waals surface area contributed by atoms with E-state index in [1.165, 1.54) is 32.1 Å². The molecule has 0 aromatic rings. The van der Waals surface area contributed by atoms with E-state index in [-0.39, 0.29) is 11.8 Å². The number of carbonyl (C=O) groups is 1. The number of primary amides is 1. The Balaban J connectivity index is 1.54. The van der Waals surface area contributed by atoms with Gasteiger partial charge in [0, 0.05) is 11.6 Å². The van der Waals surface area contributed by atoms with Crippen molar-refractivity contribution in [2.24, 2.45) is 35.3 Å². The van der Waals surface area contributed by atoms with Crippen molar-refractivity contribution in [3.8, 4) is 0 Å². The van der Waals surface area contributed by atoms with Gasteiger partial charge in [-0.15, -0.1) is 0 Å². The molecule has 2 fully saturated rings. The normalized spacial score (nSPS) is 30.9. The fourth-order valence-electron chi connectivity index (χ4n) is 4.44. The van der Waals surface area contributed by atoms with Gasteiger partial charge in [-0.1, -0.05) is 12.8 Å². The number of nitrogens with one attached hydrogen (secondary N) is 1. The van der Waals surface area contributed by atoms with Crippen LogP contribution in [0.25, 0.3) is 0 Å². The van der Waals surface area contributed by atoms with E-state index < -0.39 is 0 Å². The van der Waals surface area contributed by atoms with Crippen LogP contribution in [0.5, 0.6) is 0 Å². The second kappa shape index (κ2) is 10.1. The van der Waals surface area contributed by atoms with E-state index in [4.69, 9.17) is 21.9 Å². The Labute approximate surface area is 146 Å². The molecule has 2 rings (SSSR count). The zero-order valence-corrected chi connectivity index (χ0v) is 15.0. The fourth-order valence-corrected chi connectivity index (χ4v) is 4.44. The van der Waals surface area contributed by atoms with Gasteiger partial charge in [0.15, 0.2) is 0 Å². The second-order valence-corrected chi connectivity index (χ2v) is 8.02. The minimum Gasteiger partial charge on any atom is -0.369 e. The summed E-state index contributed by atoms with van der Waals surface area (Å²) in [6.07, 6.45) is 13.2. The summed E-state index contributed by atoms with van der Waals surface area (Å²) in [5.41, 5.74) is 6.30. The standard InChI is InChI=1S/C19H35N3O2/c20-18(11-7-14-1-3-16(4-2-14)13-24-22)12-8-15-5-9-17(10-6-15)19(21)23/h14-17,20H,1-13,22H2,(H2,21,23). The molecule has 138 valence electrons. The van der Waals surface area contributed by atoms with Crippen LogP contribution in [0.3, 0.4) is 0 Å². The van der Waals surface area contributed by atoms with Crippen LogP contribution in [0.4, 0.5) is 0 Å². The van der Waals surface area contributed by atoms with Crippen LogP contribution >= 0.6 is 0 Å². The summed E-state index contributed by atoms with van der Waals surface area (Å²) in [4.78, 5) is 16.0. The quantitative estimate of drug-likeness (QED) is 0.443. The molecule has 5 nitrogen and oxygen atoms in total. The van der Waals surface area contributed by atoms with E-state index in [1.807, 2.05) is 0 Å². The lowest BCUT2D eigenvalue weighted by atomic mass is 9.78. The molecule has 5 heteroatoms. The largest absolute Gasteiger partial charge is 0.369 e. The molecule has 0 aromatic carbocycles. The number of rotatable bonds is 9. The Kier molecular flexibility index (Phi) is 8.19. The summed E-state index contributed by atoms with van der Waals surface area (Å²) >= 11 is 0. The van der Waals surface area contributed by atoms with Gasteiger partial charge in [0.25, 0.3) is 0 Å². The summed E-state index contributed by atoms with van der Waals surface area (Å²) in [6.45, 7) is 0.695. The van der Waals surface area contributed by atoms with Gasteiger partial charge >= 0.3 is 0 Å².